The van der Waals surface area contributed by atoms with E-state index in [1.165, 1.54) is 23.9 Å². The Balaban J connectivity index is 1.84. The van der Waals surface area contributed by atoms with Gasteiger partial charge in [-0.3, -0.25) is 0 Å². The zero-order chi connectivity index (χ0) is 13.1. The van der Waals surface area contributed by atoms with Crippen molar-refractivity contribution in [3.05, 3.63) is 30.1 Å². The largest absolute Gasteiger partial charge is 0.379 e. The minimum Gasteiger partial charge on any atom is -0.379 e. The number of nitrogens with zero attached hydrogens (tertiary/aromatic N) is 2. The number of fused-ring (bicyclic) bond motifs is 1. The Kier molecular flexibility index (Phi) is 2.16. The summed E-state index contributed by atoms with van der Waals surface area (Å²) < 4.78 is 7.61. The predicted molar refractivity (Wildman–Crippen MR) is 73.9 cm³/mol. The van der Waals surface area contributed by atoms with E-state index in [4.69, 9.17) is 10.5 Å². The molecule has 1 aliphatic carbocycles. The molecular formula is C15H19N3O. The molecule has 2 aliphatic rings. The van der Waals surface area contributed by atoms with E-state index in [1.54, 1.807) is 0 Å². The Hall–Kier alpha value is -1.39. The van der Waals surface area contributed by atoms with Gasteiger partial charge in [0, 0.05) is 12.5 Å². The molecule has 2 aromatic rings. The standard InChI is InChI=1S/C15H19N3O/c1-18-10-17-12-6-11(2-3-13(12)18)15(8-19-9-15)14(7-16)4-5-14/h2-3,6,10H,4-5,7-9,16H2,1H3. The number of nitrogens with two attached hydrogens (primary N) is 1. The van der Waals surface area contributed by atoms with Gasteiger partial charge in [-0.25, -0.2) is 4.98 Å². The molecule has 0 amide bonds. The molecule has 0 atom stereocenters. The SMILES string of the molecule is Cn1cnc2cc(C3(C4(CN)CC4)COC3)ccc21. The van der Waals surface area contributed by atoms with Gasteiger partial charge in [-0.1, -0.05) is 6.07 Å². The first-order valence-electron chi connectivity index (χ1n) is 6.90. The fourth-order valence-electron chi connectivity index (χ4n) is 3.55. The summed E-state index contributed by atoms with van der Waals surface area (Å²) in [5.41, 5.74) is 10.0. The Morgan fingerprint density at radius 3 is 2.74 bits per heavy atom. The van der Waals surface area contributed by atoms with Crippen molar-refractivity contribution in [3.63, 3.8) is 0 Å². The molecule has 1 aliphatic heterocycles. The van der Waals surface area contributed by atoms with E-state index >= 15 is 0 Å². The molecule has 19 heavy (non-hydrogen) atoms. The van der Waals surface area contributed by atoms with E-state index in [0.717, 1.165) is 25.3 Å². The highest BCUT2D eigenvalue weighted by Gasteiger charge is 2.62. The maximum Gasteiger partial charge on any atom is 0.0955 e. The van der Waals surface area contributed by atoms with Crippen LogP contribution in [0.25, 0.3) is 11.0 Å². The second-order valence-corrected chi connectivity index (χ2v) is 6.12. The van der Waals surface area contributed by atoms with Crippen LogP contribution in [-0.2, 0) is 17.2 Å². The lowest BCUT2D eigenvalue weighted by Crippen LogP contribution is -2.55. The Morgan fingerprint density at radius 1 is 1.37 bits per heavy atom. The number of hydrogen-bond acceptors (Lipinski definition) is 3. The minimum absolute atomic E-state index is 0.132. The van der Waals surface area contributed by atoms with Crippen molar-refractivity contribution < 1.29 is 4.74 Å². The van der Waals surface area contributed by atoms with Crippen molar-refractivity contribution >= 4 is 11.0 Å². The van der Waals surface area contributed by atoms with E-state index in [1.807, 2.05) is 13.4 Å². The number of rotatable bonds is 3. The third-order valence-corrected chi connectivity index (χ3v) is 5.23. The van der Waals surface area contributed by atoms with Crippen LogP contribution in [0.15, 0.2) is 24.5 Å². The van der Waals surface area contributed by atoms with Gasteiger partial charge < -0.3 is 15.0 Å². The molecule has 1 aromatic carbocycles. The Morgan fingerprint density at radius 2 is 2.16 bits per heavy atom. The van der Waals surface area contributed by atoms with Crippen molar-refractivity contribution in [2.45, 2.75) is 18.3 Å². The molecule has 2 fully saturated rings. The number of benzene rings is 1. The van der Waals surface area contributed by atoms with Crippen molar-refractivity contribution in [1.29, 1.82) is 0 Å². The second-order valence-electron chi connectivity index (χ2n) is 6.12. The first-order valence-corrected chi connectivity index (χ1v) is 6.90. The molecular weight excluding hydrogens is 238 g/mol. The average molecular weight is 257 g/mol. The average Bonchev–Trinajstić information content (AvgIpc) is 3.08. The number of imidazole rings is 1. The Bertz CT molecular complexity index is 638. The smallest absolute Gasteiger partial charge is 0.0955 e. The van der Waals surface area contributed by atoms with Gasteiger partial charge in [-0.15, -0.1) is 0 Å². The molecule has 0 radical (unpaired) electrons. The highest BCUT2D eigenvalue weighted by Crippen LogP contribution is 2.61. The summed E-state index contributed by atoms with van der Waals surface area (Å²) in [6.07, 6.45) is 4.33. The highest BCUT2D eigenvalue weighted by molar-refractivity contribution is 5.76. The molecule has 4 nitrogen and oxygen atoms in total. The quantitative estimate of drug-likeness (QED) is 0.908. The molecule has 4 rings (SSSR count). The molecule has 2 heterocycles. The summed E-state index contributed by atoms with van der Waals surface area (Å²) in [5, 5.41) is 0. The van der Waals surface area contributed by atoms with Gasteiger partial charge in [-0.2, -0.15) is 0 Å². The maximum atomic E-state index is 6.04. The van der Waals surface area contributed by atoms with Gasteiger partial charge in [0.2, 0.25) is 0 Å². The van der Waals surface area contributed by atoms with Gasteiger partial charge in [0.1, 0.15) is 0 Å². The highest BCUT2D eigenvalue weighted by atomic mass is 16.5. The third kappa shape index (κ3) is 1.33. The molecule has 0 unspecified atom stereocenters. The van der Waals surface area contributed by atoms with Crippen LogP contribution in [0.3, 0.4) is 0 Å². The lowest BCUT2D eigenvalue weighted by Gasteiger charge is -2.48. The zero-order valence-electron chi connectivity index (χ0n) is 11.2. The molecule has 100 valence electrons. The summed E-state index contributed by atoms with van der Waals surface area (Å²) in [6.45, 7) is 2.38. The summed E-state index contributed by atoms with van der Waals surface area (Å²) in [4.78, 5) is 4.47. The lowest BCUT2D eigenvalue weighted by atomic mass is 9.66. The third-order valence-electron chi connectivity index (χ3n) is 5.23. The van der Waals surface area contributed by atoms with E-state index in [9.17, 15) is 0 Å². The molecule has 1 saturated carbocycles. The molecule has 1 aromatic heterocycles. The van der Waals surface area contributed by atoms with Crippen LogP contribution in [0.5, 0.6) is 0 Å². The van der Waals surface area contributed by atoms with Gasteiger partial charge in [-0.05, 0) is 42.5 Å². The second kappa shape index (κ2) is 3.58. The number of hydrogen-bond donors (Lipinski definition) is 1. The van der Waals surface area contributed by atoms with Gasteiger partial charge in [0.15, 0.2) is 0 Å². The van der Waals surface area contributed by atoms with Gasteiger partial charge >= 0.3 is 0 Å². The molecule has 4 heteroatoms. The molecule has 0 bridgehead atoms. The number of aromatic nitrogens is 2. The lowest BCUT2D eigenvalue weighted by molar-refractivity contribution is -0.0972. The van der Waals surface area contributed by atoms with Crippen LogP contribution in [0.1, 0.15) is 18.4 Å². The zero-order valence-corrected chi connectivity index (χ0v) is 11.2. The number of ether oxygens (including phenoxy) is 1. The van der Waals surface area contributed by atoms with Gasteiger partial charge in [0.05, 0.1) is 30.6 Å². The van der Waals surface area contributed by atoms with Crippen molar-refractivity contribution in [2.24, 2.45) is 18.2 Å². The van der Waals surface area contributed by atoms with Crippen LogP contribution in [0.2, 0.25) is 0 Å². The monoisotopic (exact) mass is 257 g/mol. The van der Waals surface area contributed by atoms with E-state index in [0.29, 0.717) is 0 Å². The van der Waals surface area contributed by atoms with Crippen molar-refractivity contribution in [3.8, 4) is 0 Å². The Labute approximate surface area is 112 Å². The fraction of sp³-hybridized carbons (Fsp3) is 0.533. The molecule has 0 spiro atoms. The predicted octanol–water partition coefficient (Wildman–Crippen LogP) is 1.58. The maximum absolute atomic E-state index is 6.04. The van der Waals surface area contributed by atoms with Crippen LogP contribution in [0, 0.1) is 5.41 Å². The van der Waals surface area contributed by atoms with E-state index in [2.05, 4.69) is 27.8 Å². The van der Waals surface area contributed by atoms with Crippen molar-refractivity contribution in [1.82, 2.24) is 9.55 Å². The van der Waals surface area contributed by atoms with Crippen molar-refractivity contribution in [2.75, 3.05) is 19.8 Å². The molecule has 2 N–H and O–H groups in total. The van der Waals surface area contributed by atoms with Gasteiger partial charge in [0.25, 0.3) is 0 Å². The van der Waals surface area contributed by atoms with E-state index < -0.39 is 0 Å². The summed E-state index contributed by atoms with van der Waals surface area (Å²) in [5.74, 6) is 0. The first kappa shape index (κ1) is 11.4. The normalized spacial score (nSPS) is 23.3. The summed E-state index contributed by atoms with van der Waals surface area (Å²) in [6, 6.07) is 6.64. The van der Waals surface area contributed by atoms with Crippen LogP contribution < -0.4 is 5.73 Å². The van der Waals surface area contributed by atoms with E-state index in [-0.39, 0.29) is 10.8 Å². The van der Waals surface area contributed by atoms with Crippen LogP contribution in [0.4, 0.5) is 0 Å². The summed E-state index contributed by atoms with van der Waals surface area (Å²) >= 11 is 0. The minimum atomic E-state index is 0.132. The topological polar surface area (TPSA) is 53.1 Å². The number of aryl methyl sites for hydroxylation is 1. The van der Waals surface area contributed by atoms with Crippen LogP contribution >= 0.6 is 0 Å². The van der Waals surface area contributed by atoms with Crippen LogP contribution in [-0.4, -0.2) is 29.3 Å². The molecule has 1 saturated heterocycles. The fourth-order valence-corrected chi connectivity index (χ4v) is 3.55. The summed E-state index contributed by atoms with van der Waals surface area (Å²) in [7, 11) is 2.03. The first-order chi connectivity index (χ1) is 9.21.